The maximum Gasteiger partial charge on any atom is 0.147 e. The summed E-state index contributed by atoms with van der Waals surface area (Å²) in [5.41, 5.74) is 11.6. The van der Waals surface area contributed by atoms with Gasteiger partial charge in [0.1, 0.15) is 28.5 Å². The lowest BCUT2D eigenvalue weighted by Gasteiger charge is -2.22. The molecular weight excluding hydrogens is 564 g/mol. The van der Waals surface area contributed by atoms with E-state index < -0.39 is 0 Å². The molecule has 0 radical (unpaired) electrons. The summed E-state index contributed by atoms with van der Waals surface area (Å²) < 4.78 is 13.1. The Kier molecular flexibility index (Phi) is 5.23. The van der Waals surface area contributed by atoms with E-state index in [9.17, 15) is 0 Å². The second kappa shape index (κ2) is 9.50. The highest BCUT2D eigenvalue weighted by molar-refractivity contribution is 6.26. The number of furan rings is 2. The van der Waals surface area contributed by atoms with Crippen molar-refractivity contribution in [2.75, 3.05) is 17.3 Å². The number of nitrogens with zero attached hydrogens (tertiary/aromatic N) is 1. The Balaban J connectivity index is 1.18. The Morgan fingerprint density at radius 2 is 1.15 bits per heavy atom. The summed E-state index contributed by atoms with van der Waals surface area (Å²) in [6.07, 6.45) is 0.103. The summed E-state index contributed by atoms with van der Waals surface area (Å²) in [5.74, 6) is 0. The maximum absolute atomic E-state index is 6.64. The van der Waals surface area contributed by atoms with Gasteiger partial charge >= 0.3 is 0 Å². The van der Waals surface area contributed by atoms with Crippen molar-refractivity contribution in [3.63, 3.8) is 0 Å². The average Bonchev–Trinajstić information content (AvgIpc) is 3.79. The molecule has 0 aliphatic carbocycles. The quantitative estimate of drug-likeness (QED) is 0.222. The van der Waals surface area contributed by atoms with Crippen molar-refractivity contribution in [1.29, 1.82) is 0 Å². The molecule has 0 saturated heterocycles. The Bertz CT molecular complexity index is 2650. The third-order valence-electron chi connectivity index (χ3n) is 9.69. The minimum absolute atomic E-state index is 0.103. The van der Waals surface area contributed by atoms with Gasteiger partial charge in [-0.1, -0.05) is 109 Å². The van der Waals surface area contributed by atoms with Gasteiger partial charge < -0.3 is 19.1 Å². The van der Waals surface area contributed by atoms with Crippen molar-refractivity contribution in [3.8, 4) is 22.3 Å². The van der Waals surface area contributed by atoms with Gasteiger partial charge in [0.05, 0.1) is 16.8 Å². The van der Waals surface area contributed by atoms with Gasteiger partial charge in [-0.3, -0.25) is 0 Å². The lowest BCUT2D eigenvalue weighted by atomic mass is 9.90. The molecule has 46 heavy (non-hydrogen) atoms. The normalized spacial score (nSPS) is 14.5. The van der Waals surface area contributed by atoms with Crippen molar-refractivity contribution in [1.82, 2.24) is 0 Å². The first kappa shape index (κ1) is 25.3. The molecule has 4 nitrogen and oxygen atoms in total. The molecule has 0 fully saturated rings. The predicted molar refractivity (Wildman–Crippen MR) is 191 cm³/mol. The Morgan fingerprint density at radius 1 is 0.522 bits per heavy atom. The van der Waals surface area contributed by atoms with Crippen LogP contribution >= 0.6 is 0 Å². The molecule has 0 amide bonds. The van der Waals surface area contributed by atoms with Gasteiger partial charge in [0, 0.05) is 28.8 Å². The number of nitrogens with one attached hydrogen (secondary N) is 1. The van der Waals surface area contributed by atoms with Crippen LogP contribution in [-0.4, -0.2) is 7.05 Å². The van der Waals surface area contributed by atoms with Crippen molar-refractivity contribution in [2.24, 2.45) is 0 Å². The molecule has 9 aromatic rings. The van der Waals surface area contributed by atoms with Gasteiger partial charge in [-0.15, -0.1) is 0 Å². The predicted octanol–water partition coefficient (Wildman–Crippen LogP) is 11.5. The van der Waals surface area contributed by atoms with Crippen LogP contribution in [0.4, 0.5) is 11.4 Å². The summed E-state index contributed by atoms with van der Waals surface area (Å²) in [6.45, 7) is 0. The summed E-state index contributed by atoms with van der Waals surface area (Å²) >= 11 is 0. The van der Waals surface area contributed by atoms with Crippen LogP contribution in [0.25, 0.3) is 76.9 Å². The van der Waals surface area contributed by atoms with Crippen LogP contribution in [0.2, 0.25) is 0 Å². The zero-order valence-corrected chi connectivity index (χ0v) is 25.1. The van der Waals surface area contributed by atoms with Gasteiger partial charge in [-0.2, -0.15) is 0 Å². The van der Waals surface area contributed by atoms with Crippen LogP contribution in [0.15, 0.2) is 148 Å². The first-order valence-electron chi connectivity index (χ1n) is 15.7. The topological polar surface area (TPSA) is 41.6 Å². The molecule has 1 unspecified atom stereocenters. The number of fused-ring (bicyclic) bond motifs is 9. The first-order valence-corrected chi connectivity index (χ1v) is 15.7. The van der Waals surface area contributed by atoms with E-state index in [-0.39, 0.29) is 6.17 Å². The van der Waals surface area contributed by atoms with Gasteiger partial charge in [-0.05, 0) is 63.4 Å². The molecular formula is C42H28N2O2. The van der Waals surface area contributed by atoms with Gasteiger partial charge in [0.15, 0.2) is 0 Å². The van der Waals surface area contributed by atoms with E-state index in [2.05, 4.69) is 133 Å². The maximum atomic E-state index is 6.64. The molecule has 1 atom stereocenters. The molecule has 4 heteroatoms. The van der Waals surface area contributed by atoms with E-state index in [1.54, 1.807) is 0 Å². The minimum Gasteiger partial charge on any atom is -0.455 e. The van der Waals surface area contributed by atoms with Crippen LogP contribution < -0.4 is 10.2 Å². The highest BCUT2D eigenvalue weighted by Crippen LogP contribution is 2.47. The zero-order valence-electron chi connectivity index (χ0n) is 25.1. The fourth-order valence-corrected chi connectivity index (χ4v) is 7.50. The molecule has 0 saturated carbocycles. The average molecular weight is 593 g/mol. The van der Waals surface area contributed by atoms with Crippen molar-refractivity contribution in [3.05, 3.63) is 145 Å². The fraction of sp³-hybridized carbons (Fsp3) is 0.0476. The second-order valence-electron chi connectivity index (χ2n) is 12.2. The number of rotatable bonds is 3. The summed E-state index contributed by atoms with van der Waals surface area (Å²) in [4.78, 5) is 2.31. The number of benzene rings is 7. The smallest absolute Gasteiger partial charge is 0.147 e. The highest BCUT2D eigenvalue weighted by atomic mass is 16.3. The molecule has 218 valence electrons. The number of anilines is 2. The summed E-state index contributed by atoms with van der Waals surface area (Å²) in [7, 11) is 2.15. The largest absolute Gasteiger partial charge is 0.455 e. The number of hydrogen-bond acceptors (Lipinski definition) is 4. The van der Waals surface area contributed by atoms with E-state index in [0.717, 1.165) is 60.7 Å². The molecule has 0 spiro atoms. The molecule has 10 rings (SSSR count). The van der Waals surface area contributed by atoms with Crippen molar-refractivity contribution < 1.29 is 8.83 Å². The molecule has 2 aromatic heterocycles. The SMILES string of the molecule is CN1c2ccc(-c3ccc(-c4cc5c6ccccc6oc5c5c4oc4ccccc45)c4ccccc34)cc2NC1c1ccccc1. The molecule has 1 aliphatic heterocycles. The molecule has 1 N–H and O–H groups in total. The third-order valence-corrected chi connectivity index (χ3v) is 9.69. The zero-order chi connectivity index (χ0) is 30.4. The van der Waals surface area contributed by atoms with Crippen LogP contribution in [0.5, 0.6) is 0 Å². The van der Waals surface area contributed by atoms with E-state index in [0.29, 0.717) is 0 Å². The van der Waals surface area contributed by atoms with Crippen molar-refractivity contribution in [2.45, 2.75) is 6.17 Å². The molecule has 3 heterocycles. The van der Waals surface area contributed by atoms with Crippen LogP contribution in [0, 0.1) is 0 Å². The highest BCUT2D eigenvalue weighted by Gasteiger charge is 2.27. The second-order valence-corrected chi connectivity index (χ2v) is 12.2. The molecule has 0 bridgehead atoms. The lowest BCUT2D eigenvalue weighted by molar-refractivity contribution is 0.663. The number of para-hydroxylation sites is 2. The minimum atomic E-state index is 0.103. The van der Waals surface area contributed by atoms with E-state index in [4.69, 9.17) is 8.83 Å². The summed E-state index contributed by atoms with van der Waals surface area (Å²) in [6, 6.07) is 49.4. The fourth-order valence-electron chi connectivity index (χ4n) is 7.50. The Hall–Kier alpha value is -6.00. The Morgan fingerprint density at radius 3 is 1.96 bits per heavy atom. The van der Waals surface area contributed by atoms with Crippen molar-refractivity contribution >= 4 is 66.0 Å². The lowest BCUT2D eigenvalue weighted by Crippen LogP contribution is -2.23. The van der Waals surface area contributed by atoms with Crippen LogP contribution in [0.3, 0.4) is 0 Å². The summed E-state index contributed by atoms with van der Waals surface area (Å²) in [5, 5.41) is 10.4. The van der Waals surface area contributed by atoms with E-state index in [1.807, 2.05) is 24.3 Å². The number of hydrogen-bond donors (Lipinski definition) is 1. The van der Waals surface area contributed by atoms with Crippen LogP contribution in [-0.2, 0) is 0 Å². The van der Waals surface area contributed by atoms with Gasteiger partial charge in [0.25, 0.3) is 0 Å². The standard InChI is InChI=1S/C42H28N2O2/c1-44-36-22-19-26(23-35(36)43-42(44)25-11-3-2-4-12-25)27-20-21-30(29-14-6-5-13-28(27)29)33-24-34-31-15-7-9-17-37(31)45-41(34)39-32-16-8-10-18-38(32)46-40(33)39/h2-24,42-43H,1H3. The van der Waals surface area contributed by atoms with E-state index >= 15 is 0 Å². The van der Waals surface area contributed by atoms with Gasteiger partial charge in [-0.25, -0.2) is 0 Å². The van der Waals surface area contributed by atoms with E-state index in [1.165, 1.54) is 33.2 Å². The molecule has 7 aromatic carbocycles. The van der Waals surface area contributed by atoms with Gasteiger partial charge in [0.2, 0.25) is 0 Å². The third kappa shape index (κ3) is 3.55. The molecule has 1 aliphatic rings. The van der Waals surface area contributed by atoms with Crippen LogP contribution in [0.1, 0.15) is 11.7 Å². The first-order chi connectivity index (χ1) is 22.7. The monoisotopic (exact) mass is 592 g/mol. The Labute approximate surface area is 265 Å².